The van der Waals surface area contributed by atoms with E-state index in [1.807, 2.05) is 12.1 Å². The quantitative estimate of drug-likeness (QED) is 0.820. The Morgan fingerprint density at radius 3 is 3.00 bits per heavy atom. The largest absolute Gasteiger partial charge is 0.371 e. The lowest BCUT2D eigenvalue weighted by Crippen LogP contribution is -2.34. The number of primary amides is 1. The summed E-state index contributed by atoms with van der Waals surface area (Å²) in [7, 11) is 0. The van der Waals surface area contributed by atoms with Gasteiger partial charge in [-0.2, -0.15) is 0 Å². The third kappa shape index (κ3) is 2.65. The van der Waals surface area contributed by atoms with E-state index in [-0.39, 0.29) is 6.10 Å². The van der Waals surface area contributed by atoms with Gasteiger partial charge in [-0.05, 0) is 23.6 Å². The Hall–Kier alpha value is -1.39. The van der Waals surface area contributed by atoms with Crippen LogP contribution in [0.2, 0.25) is 0 Å². The van der Waals surface area contributed by atoms with Gasteiger partial charge in [-0.25, -0.2) is 0 Å². The zero-order valence-corrected chi connectivity index (χ0v) is 10.0. The molecule has 0 bridgehead atoms. The number of rotatable bonds is 3. The van der Waals surface area contributed by atoms with Crippen LogP contribution in [-0.2, 0) is 11.2 Å². The molecule has 0 spiro atoms. The molecule has 1 aromatic rings. The van der Waals surface area contributed by atoms with E-state index in [0.29, 0.717) is 12.2 Å². The van der Waals surface area contributed by atoms with Crippen molar-refractivity contribution >= 4 is 5.91 Å². The molecule has 4 nitrogen and oxygen atoms in total. The van der Waals surface area contributed by atoms with E-state index in [9.17, 15) is 4.79 Å². The Labute approximate surface area is 101 Å². The lowest BCUT2D eigenvalue weighted by atomic mass is 9.97. The summed E-state index contributed by atoms with van der Waals surface area (Å²) in [5.74, 6) is -0.392. The molecule has 17 heavy (non-hydrogen) atoms. The van der Waals surface area contributed by atoms with Gasteiger partial charge in [0.05, 0.1) is 12.7 Å². The van der Waals surface area contributed by atoms with E-state index in [0.717, 1.165) is 25.1 Å². The van der Waals surface area contributed by atoms with Gasteiger partial charge < -0.3 is 15.8 Å². The van der Waals surface area contributed by atoms with Gasteiger partial charge in [-0.1, -0.05) is 19.1 Å². The molecule has 1 heterocycles. The van der Waals surface area contributed by atoms with E-state index in [1.165, 1.54) is 5.56 Å². The Bertz CT molecular complexity index is 412. The minimum absolute atomic E-state index is 0.0715. The van der Waals surface area contributed by atoms with Crippen molar-refractivity contribution in [3.63, 3.8) is 0 Å². The minimum Gasteiger partial charge on any atom is -0.371 e. The average Bonchev–Trinajstić information content (AvgIpc) is 2.39. The summed E-state index contributed by atoms with van der Waals surface area (Å²) in [5.41, 5.74) is 8.06. The summed E-state index contributed by atoms with van der Waals surface area (Å²) in [6.45, 7) is 4.34. The van der Waals surface area contributed by atoms with Crippen LogP contribution in [0.4, 0.5) is 0 Å². The molecule has 1 aliphatic rings. The van der Waals surface area contributed by atoms with Crippen molar-refractivity contribution in [3.05, 3.63) is 34.9 Å². The number of carbonyl (C=O) groups is 1. The van der Waals surface area contributed by atoms with Gasteiger partial charge in [-0.15, -0.1) is 0 Å². The molecular weight excluding hydrogens is 216 g/mol. The first-order chi connectivity index (χ1) is 8.22. The molecule has 1 atom stereocenters. The maximum atomic E-state index is 11.4. The number of amides is 1. The highest BCUT2D eigenvalue weighted by Crippen LogP contribution is 2.24. The Morgan fingerprint density at radius 1 is 1.59 bits per heavy atom. The smallest absolute Gasteiger partial charge is 0.249 e. The second kappa shape index (κ2) is 5.29. The van der Waals surface area contributed by atoms with Crippen LogP contribution in [-0.4, -0.2) is 25.6 Å². The van der Waals surface area contributed by atoms with E-state index in [2.05, 4.69) is 12.2 Å². The van der Waals surface area contributed by atoms with Crippen molar-refractivity contribution in [1.29, 1.82) is 0 Å². The van der Waals surface area contributed by atoms with Crippen LogP contribution in [0.1, 0.15) is 34.5 Å². The van der Waals surface area contributed by atoms with Crippen molar-refractivity contribution in [2.75, 3.05) is 19.7 Å². The number of benzene rings is 1. The van der Waals surface area contributed by atoms with Gasteiger partial charge >= 0.3 is 0 Å². The van der Waals surface area contributed by atoms with E-state index < -0.39 is 5.91 Å². The van der Waals surface area contributed by atoms with Crippen molar-refractivity contribution < 1.29 is 9.53 Å². The first-order valence-electron chi connectivity index (χ1n) is 5.97. The van der Waals surface area contributed by atoms with Crippen molar-refractivity contribution in [2.24, 2.45) is 5.73 Å². The molecule has 2 rings (SSSR count). The summed E-state index contributed by atoms with van der Waals surface area (Å²) >= 11 is 0. The Balaban J connectivity index is 2.36. The Morgan fingerprint density at radius 2 is 2.41 bits per heavy atom. The molecule has 1 fully saturated rings. The zero-order chi connectivity index (χ0) is 12.3. The van der Waals surface area contributed by atoms with Crippen LogP contribution in [0.5, 0.6) is 0 Å². The zero-order valence-electron chi connectivity index (χ0n) is 10.0. The normalized spacial score (nSPS) is 20.2. The Kier molecular flexibility index (Phi) is 3.76. The standard InChI is InChI=1S/C13H18N2O2/c1-2-9-3-4-10(13(14)16)11(7-9)12-8-15-5-6-17-12/h3-4,7,12,15H,2,5-6,8H2,1H3,(H2,14,16). The molecule has 3 N–H and O–H groups in total. The third-order valence-corrected chi connectivity index (χ3v) is 3.06. The summed E-state index contributed by atoms with van der Waals surface area (Å²) in [5, 5.41) is 3.26. The SMILES string of the molecule is CCc1ccc(C(N)=O)c(C2CNCCO2)c1. The molecule has 0 aromatic heterocycles. The van der Waals surface area contributed by atoms with Gasteiger partial charge in [0.2, 0.25) is 5.91 Å². The topological polar surface area (TPSA) is 64.4 Å². The van der Waals surface area contributed by atoms with E-state index in [4.69, 9.17) is 10.5 Å². The van der Waals surface area contributed by atoms with Crippen LogP contribution in [0.25, 0.3) is 0 Å². The molecule has 0 saturated carbocycles. The van der Waals surface area contributed by atoms with Crippen LogP contribution in [0.3, 0.4) is 0 Å². The average molecular weight is 234 g/mol. The molecule has 1 aromatic carbocycles. The molecule has 92 valence electrons. The number of nitrogens with one attached hydrogen (secondary N) is 1. The molecule has 1 aliphatic heterocycles. The second-order valence-electron chi connectivity index (χ2n) is 4.20. The lowest BCUT2D eigenvalue weighted by molar-refractivity contribution is 0.0270. The highest BCUT2D eigenvalue weighted by Gasteiger charge is 2.21. The molecule has 4 heteroatoms. The molecule has 1 unspecified atom stereocenters. The summed E-state index contributed by atoms with van der Waals surface area (Å²) in [4.78, 5) is 11.4. The summed E-state index contributed by atoms with van der Waals surface area (Å²) in [6.07, 6.45) is 0.865. The van der Waals surface area contributed by atoms with Crippen molar-refractivity contribution in [3.8, 4) is 0 Å². The van der Waals surface area contributed by atoms with Crippen LogP contribution >= 0.6 is 0 Å². The first-order valence-corrected chi connectivity index (χ1v) is 5.97. The van der Waals surface area contributed by atoms with Crippen molar-refractivity contribution in [1.82, 2.24) is 5.32 Å². The number of aryl methyl sites for hydroxylation is 1. The van der Waals surface area contributed by atoms with Gasteiger partial charge in [-0.3, -0.25) is 4.79 Å². The highest BCUT2D eigenvalue weighted by atomic mass is 16.5. The number of nitrogens with two attached hydrogens (primary N) is 1. The van der Waals surface area contributed by atoms with Crippen LogP contribution < -0.4 is 11.1 Å². The fourth-order valence-electron chi connectivity index (χ4n) is 2.09. The monoisotopic (exact) mass is 234 g/mol. The summed E-state index contributed by atoms with van der Waals surface area (Å²) in [6, 6.07) is 5.77. The van der Waals surface area contributed by atoms with Gasteiger partial charge in [0, 0.05) is 18.7 Å². The van der Waals surface area contributed by atoms with Gasteiger partial charge in [0.1, 0.15) is 0 Å². The number of carbonyl (C=O) groups excluding carboxylic acids is 1. The molecule has 0 aliphatic carbocycles. The van der Waals surface area contributed by atoms with Crippen molar-refractivity contribution in [2.45, 2.75) is 19.4 Å². The number of morpholine rings is 1. The summed E-state index contributed by atoms with van der Waals surface area (Å²) < 4.78 is 5.68. The molecule has 1 saturated heterocycles. The predicted octanol–water partition coefficient (Wildman–Crippen LogP) is 1.01. The number of hydrogen-bond donors (Lipinski definition) is 2. The van der Waals surface area contributed by atoms with Crippen LogP contribution in [0, 0.1) is 0 Å². The molecule has 1 amide bonds. The minimum atomic E-state index is -0.392. The third-order valence-electron chi connectivity index (χ3n) is 3.06. The molecule has 0 radical (unpaired) electrons. The maximum Gasteiger partial charge on any atom is 0.249 e. The fourth-order valence-corrected chi connectivity index (χ4v) is 2.09. The van der Waals surface area contributed by atoms with Gasteiger partial charge in [0.15, 0.2) is 0 Å². The van der Waals surface area contributed by atoms with E-state index in [1.54, 1.807) is 6.07 Å². The second-order valence-corrected chi connectivity index (χ2v) is 4.20. The molecular formula is C13H18N2O2. The van der Waals surface area contributed by atoms with Crippen LogP contribution in [0.15, 0.2) is 18.2 Å². The highest BCUT2D eigenvalue weighted by molar-refractivity contribution is 5.94. The lowest BCUT2D eigenvalue weighted by Gasteiger charge is -2.25. The number of hydrogen-bond acceptors (Lipinski definition) is 3. The number of ether oxygens (including phenoxy) is 1. The fraction of sp³-hybridized carbons (Fsp3) is 0.462. The maximum absolute atomic E-state index is 11.4. The predicted molar refractivity (Wildman–Crippen MR) is 65.9 cm³/mol. The van der Waals surface area contributed by atoms with Gasteiger partial charge in [0.25, 0.3) is 0 Å². The van der Waals surface area contributed by atoms with E-state index >= 15 is 0 Å². The first kappa shape index (κ1) is 12.1.